The zero-order valence-corrected chi connectivity index (χ0v) is 24.1. The molecule has 6 N–H and O–H groups in total. The number of aromatic amines is 1. The van der Waals surface area contributed by atoms with E-state index in [9.17, 15) is 41.3 Å². The largest absolute Gasteiger partial charge is 0.476 e. The summed E-state index contributed by atoms with van der Waals surface area (Å²) in [6.45, 7) is 1.92. The third kappa shape index (κ3) is 6.32. The predicted octanol–water partition coefficient (Wildman–Crippen LogP) is 6.99. The van der Waals surface area contributed by atoms with Crippen molar-refractivity contribution in [3.05, 3.63) is 100 Å². The average Bonchev–Trinajstić information content (AvgIpc) is 3.31. The number of nitrogens with one attached hydrogen (secondary N) is 1. The van der Waals surface area contributed by atoms with E-state index in [2.05, 4.69) is 25.6 Å². The van der Waals surface area contributed by atoms with Gasteiger partial charge in [0.05, 0.1) is 32.5 Å². The molecule has 5 aromatic rings. The molecule has 17 heteroatoms. The lowest BCUT2D eigenvalue weighted by Crippen LogP contribution is -2.14. The number of H-pyrrole nitrogens is 1. The second kappa shape index (κ2) is 11.6. The fraction of sp³-hybridized carbons (Fsp3) is 0.0370. The smallest absolute Gasteiger partial charge is 0.356 e. The van der Waals surface area contributed by atoms with Crippen molar-refractivity contribution in [1.29, 1.82) is 0 Å². The quantitative estimate of drug-likeness (QED) is 0.0757. The van der Waals surface area contributed by atoms with Crippen molar-refractivity contribution in [1.82, 2.24) is 9.78 Å². The van der Waals surface area contributed by atoms with Gasteiger partial charge in [-0.1, -0.05) is 23.8 Å². The first kappa shape index (κ1) is 30.4. The first-order chi connectivity index (χ1) is 20.7. The highest BCUT2D eigenvalue weighted by Gasteiger charge is 2.22. The third-order valence-corrected chi connectivity index (χ3v) is 8.05. The second-order valence-corrected chi connectivity index (χ2v) is 12.2. The molecule has 0 aliphatic rings. The van der Waals surface area contributed by atoms with Crippen molar-refractivity contribution in [2.75, 3.05) is 0 Å². The van der Waals surface area contributed by atoms with Gasteiger partial charge in [0.25, 0.3) is 15.7 Å². The first-order valence-electron chi connectivity index (χ1n) is 12.4. The Labute approximate surface area is 249 Å². The van der Waals surface area contributed by atoms with Crippen molar-refractivity contribution >= 4 is 60.5 Å². The van der Waals surface area contributed by atoms with Crippen molar-refractivity contribution in [3.8, 4) is 5.69 Å². The molecule has 5 rings (SSSR count). The Bertz CT molecular complexity index is 2130. The van der Waals surface area contributed by atoms with E-state index >= 15 is 0 Å². The molecule has 0 radical (unpaired) electrons. The van der Waals surface area contributed by atoms with Crippen LogP contribution in [0, 0.1) is 6.92 Å². The number of nitrogens with zero attached hydrogens (tertiary/aromatic N) is 5. The van der Waals surface area contributed by atoms with Crippen LogP contribution in [-0.2, 0) is 10.1 Å². The number of rotatable bonds is 8. The van der Waals surface area contributed by atoms with Crippen LogP contribution in [-0.4, -0.2) is 47.5 Å². The first-order valence-corrected chi connectivity index (χ1v) is 15.3. The Morgan fingerprint density at radius 1 is 0.750 bits per heavy atom. The summed E-state index contributed by atoms with van der Waals surface area (Å²) in [5.74, 6) is -1.53. The summed E-state index contributed by atoms with van der Waals surface area (Å²) in [4.78, 5) is 24.4. The number of carbonyl (C=O) groups is 1. The van der Waals surface area contributed by atoms with E-state index in [1.54, 1.807) is 12.1 Å². The number of aromatic carboxylic acids is 1. The molecule has 226 valence electrons. The third-order valence-electron chi connectivity index (χ3n) is 6.30. The Kier molecular flexibility index (Phi) is 8.00. The van der Waals surface area contributed by atoms with E-state index in [1.807, 2.05) is 19.1 Å². The van der Waals surface area contributed by atoms with Gasteiger partial charge in [0, 0.05) is 10.8 Å². The summed E-state index contributed by atoms with van der Waals surface area (Å²) >= 11 is 0. The summed E-state index contributed by atoms with van der Waals surface area (Å²) < 4.78 is 62.1. The second-order valence-electron chi connectivity index (χ2n) is 9.32. The molecule has 0 spiro atoms. The van der Waals surface area contributed by atoms with Crippen molar-refractivity contribution in [2.45, 2.75) is 16.7 Å². The summed E-state index contributed by atoms with van der Waals surface area (Å²) in [5, 5.41) is 29.2. The number of hydrogen-bond acceptors (Lipinski definition) is 11. The maximum Gasteiger partial charge on any atom is 0.356 e. The van der Waals surface area contributed by atoms with Gasteiger partial charge in [-0.25, -0.2) is 9.48 Å². The molecule has 44 heavy (non-hydrogen) atoms. The molecule has 15 nitrogen and oxygen atoms in total. The van der Waals surface area contributed by atoms with Gasteiger partial charge in [0.2, 0.25) is 0 Å². The fourth-order valence-corrected chi connectivity index (χ4v) is 5.09. The lowest BCUT2D eigenvalue weighted by atomic mass is 10.1. The van der Waals surface area contributed by atoms with Crippen molar-refractivity contribution in [2.24, 2.45) is 20.5 Å². The van der Waals surface area contributed by atoms with Crippen LogP contribution in [0.25, 0.3) is 16.5 Å². The SMILES string of the molecule is Cc1ccc(N=Nc2ccc(N=Nc3c(C(=O)O)[nH]n(-c4ccc(S(=O)(=O)O)cc4)c3=O)c3ccc(S(O)(O)O)cc23)cc1. The molecule has 0 saturated heterocycles. The minimum Gasteiger partial charge on any atom is -0.476 e. The number of aryl methyl sites for hydroxylation is 1. The monoisotopic (exact) mass is 638 g/mol. The van der Waals surface area contributed by atoms with Crippen LogP contribution >= 0.6 is 10.9 Å². The normalized spacial score (nSPS) is 12.8. The molecular weight excluding hydrogens is 616 g/mol. The number of azo groups is 2. The summed E-state index contributed by atoms with van der Waals surface area (Å²) in [5.41, 5.74) is -0.0730. The molecule has 1 aromatic heterocycles. The van der Waals surface area contributed by atoms with Crippen LogP contribution in [0.3, 0.4) is 0 Å². The van der Waals surface area contributed by atoms with Gasteiger partial charge in [-0.05, 0) is 67.6 Å². The summed E-state index contributed by atoms with van der Waals surface area (Å²) in [7, 11) is -8.59. The van der Waals surface area contributed by atoms with E-state index in [-0.39, 0.29) is 27.3 Å². The summed E-state index contributed by atoms with van der Waals surface area (Å²) in [6, 6.07) is 18.5. The van der Waals surface area contributed by atoms with E-state index in [4.69, 9.17) is 0 Å². The zero-order valence-electron chi connectivity index (χ0n) is 22.4. The van der Waals surface area contributed by atoms with Crippen LogP contribution in [0.2, 0.25) is 0 Å². The maximum atomic E-state index is 13.2. The predicted molar refractivity (Wildman–Crippen MR) is 160 cm³/mol. The topological polar surface area (TPSA) is 240 Å². The highest BCUT2D eigenvalue weighted by atomic mass is 32.3. The van der Waals surface area contributed by atoms with Crippen LogP contribution < -0.4 is 5.56 Å². The number of hydrogen-bond donors (Lipinski definition) is 6. The highest BCUT2D eigenvalue weighted by Crippen LogP contribution is 2.46. The molecule has 0 aliphatic heterocycles. The van der Waals surface area contributed by atoms with E-state index in [0.717, 1.165) is 22.4 Å². The molecule has 0 aliphatic carbocycles. The molecule has 4 aromatic carbocycles. The van der Waals surface area contributed by atoms with Gasteiger partial charge in [-0.15, -0.1) is 15.3 Å². The van der Waals surface area contributed by atoms with Crippen molar-refractivity contribution < 1.29 is 36.5 Å². The van der Waals surface area contributed by atoms with Crippen LogP contribution in [0.4, 0.5) is 22.7 Å². The average molecular weight is 639 g/mol. The standard InChI is InChI=1S/C27H22N6O9S2/c1-15-2-4-16(5-3-15)28-29-23-13-12-22(20-11-10-19(14-21(20)23)44(40,41)42)30-31-24-25(27(35)36)32-33(26(24)34)17-6-8-18(9-7-17)43(37,38)39/h2-14,32,40-42H,1H3,(H,35,36)(H,37,38,39). The van der Waals surface area contributed by atoms with Gasteiger partial charge >= 0.3 is 5.97 Å². The Morgan fingerprint density at radius 3 is 1.93 bits per heavy atom. The minimum absolute atomic E-state index is 0.0515. The van der Waals surface area contributed by atoms with Gasteiger partial charge in [0.15, 0.2) is 11.4 Å². The number of aromatic nitrogens is 2. The van der Waals surface area contributed by atoms with E-state index in [0.29, 0.717) is 11.1 Å². The number of benzene rings is 4. The fourth-order valence-electron chi connectivity index (χ4n) is 4.09. The van der Waals surface area contributed by atoms with Crippen molar-refractivity contribution in [3.63, 3.8) is 0 Å². The van der Waals surface area contributed by atoms with Crippen LogP contribution in [0.1, 0.15) is 16.1 Å². The number of carboxylic acids is 1. The molecule has 0 atom stereocenters. The molecule has 1 heterocycles. The summed E-state index contributed by atoms with van der Waals surface area (Å²) in [6.07, 6.45) is 0. The molecule has 0 saturated carbocycles. The van der Waals surface area contributed by atoms with Crippen LogP contribution in [0.15, 0.2) is 114 Å². The van der Waals surface area contributed by atoms with Gasteiger partial charge in [-0.3, -0.25) is 14.4 Å². The van der Waals surface area contributed by atoms with E-state index in [1.165, 1.54) is 42.5 Å². The maximum absolute atomic E-state index is 13.2. The van der Waals surface area contributed by atoms with Crippen LogP contribution in [0.5, 0.6) is 0 Å². The van der Waals surface area contributed by atoms with Gasteiger partial charge in [-0.2, -0.15) is 13.5 Å². The van der Waals surface area contributed by atoms with Gasteiger partial charge in [0.1, 0.15) is 10.9 Å². The zero-order chi connectivity index (χ0) is 31.8. The molecular formula is C27H22N6O9S2. The molecule has 0 fully saturated rings. The minimum atomic E-state index is -4.50. The molecule has 0 amide bonds. The Hall–Kier alpha value is -5.04. The lowest BCUT2D eigenvalue weighted by Gasteiger charge is -2.19. The highest BCUT2D eigenvalue weighted by molar-refractivity contribution is 8.19. The Balaban J connectivity index is 1.59. The number of fused-ring (bicyclic) bond motifs is 1. The Morgan fingerprint density at radius 2 is 1.34 bits per heavy atom. The van der Waals surface area contributed by atoms with E-state index < -0.39 is 48.8 Å². The van der Waals surface area contributed by atoms with Gasteiger partial charge < -0.3 is 18.8 Å². The molecule has 0 unspecified atom stereocenters. The lowest BCUT2D eigenvalue weighted by molar-refractivity contribution is 0.0690. The molecule has 0 bridgehead atoms. The number of carboxylic acid groups (broad SMARTS) is 1.